The number of hydrogen-bond acceptors (Lipinski definition) is 2. The van der Waals surface area contributed by atoms with Gasteiger partial charge in [-0.25, -0.2) is 0 Å². The fourth-order valence-electron chi connectivity index (χ4n) is 3.00. The highest BCUT2D eigenvalue weighted by atomic mass is 15.2. The zero-order valence-corrected chi connectivity index (χ0v) is 9.63. The molecule has 0 aromatic carbocycles. The van der Waals surface area contributed by atoms with Crippen LogP contribution in [0.5, 0.6) is 0 Å². The minimum absolute atomic E-state index is 0.473. The minimum Gasteiger partial charge on any atom is -0.328 e. The monoisotopic (exact) mass is 196 g/mol. The van der Waals surface area contributed by atoms with Gasteiger partial charge in [0.2, 0.25) is 0 Å². The first-order chi connectivity index (χ1) is 6.57. The Kier molecular flexibility index (Phi) is 2.85. The molecule has 2 heteroatoms. The third-order valence-corrected chi connectivity index (χ3v) is 4.03. The van der Waals surface area contributed by atoms with E-state index in [-0.39, 0.29) is 0 Å². The van der Waals surface area contributed by atoms with Crippen molar-refractivity contribution in [2.24, 2.45) is 11.1 Å². The van der Waals surface area contributed by atoms with E-state index in [1.54, 1.807) is 0 Å². The van der Waals surface area contributed by atoms with Crippen LogP contribution in [-0.2, 0) is 0 Å². The minimum atomic E-state index is 0.473. The van der Waals surface area contributed by atoms with Gasteiger partial charge in [0.1, 0.15) is 0 Å². The van der Waals surface area contributed by atoms with Crippen molar-refractivity contribution in [2.75, 3.05) is 13.1 Å². The van der Waals surface area contributed by atoms with E-state index < -0.39 is 0 Å². The topological polar surface area (TPSA) is 29.3 Å². The molecule has 0 amide bonds. The van der Waals surface area contributed by atoms with Gasteiger partial charge >= 0.3 is 0 Å². The number of hydrogen-bond donors (Lipinski definition) is 1. The van der Waals surface area contributed by atoms with Crippen LogP contribution in [0.1, 0.15) is 46.0 Å². The van der Waals surface area contributed by atoms with Gasteiger partial charge in [-0.3, -0.25) is 0 Å². The van der Waals surface area contributed by atoms with E-state index in [9.17, 15) is 0 Å². The Bertz CT molecular complexity index is 192. The lowest BCUT2D eigenvalue weighted by Crippen LogP contribution is -2.44. The highest BCUT2D eigenvalue weighted by Gasteiger charge is 2.35. The SMILES string of the molecule is CC1(C)CCC(N2CCC(N)CC2)C1. The molecule has 0 spiro atoms. The van der Waals surface area contributed by atoms with E-state index in [0.717, 1.165) is 6.04 Å². The van der Waals surface area contributed by atoms with E-state index in [1.165, 1.54) is 45.2 Å². The van der Waals surface area contributed by atoms with Gasteiger partial charge < -0.3 is 10.6 Å². The Balaban J connectivity index is 1.85. The zero-order chi connectivity index (χ0) is 10.2. The zero-order valence-electron chi connectivity index (χ0n) is 9.63. The van der Waals surface area contributed by atoms with Crippen molar-refractivity contribution in [3.05, 3.63) is 0 Å². The average Bonchev–Trinajstić information content (AvgIpc) is 2.47. The lowest BCUT2D eigenvalue weighted by Gasteiger charge is -2.35. The predicted octanol–water partition coefficient (Wildman–Crippen LogP) is 1.99. The molecule has 2 nitrogen and oxygen atoms in total. The Labute approximate surface area is 87.8 Å². The molecule has 1 saturated heterocycles. The molecule has 0 bridgehead atoms. The molecule has 14 heavy (non-hydrogen) atoms. The smallest absolute Gasteiger partial charge is 0.0101 e. The second-order valence-corrected chi connectivity index (χ2v) is 5.93. The van der Waals surface area contributed by atoms with Crippen molar-refractivity contribution < 1.29 is 0 Å². The van der Waals surface area contributed by atoms with Crippen LogP contribution in [0.25, 0.3) is 0 Å². The normalized spacial score (nSPS) is 34.9. The van der Waals surface area contributed by atoms with E-state index in [1.807, 2.05) is 0 Å². The Morgan fingerprint density at radius 3 is 2.29 bits per heavy atom. The summed E-state index contributed by atoms with van der Waals surface area (Å²) in [7, 11) is 0. The molecular formula is C12H24N2. The molecule has 0 radical (unpaired) electrons. The second-order valence-electron chi connectivity index (χ2n) is 5.93. The summed E-state index contributed by atoms with van der Waals surface area (Å²) in [6.45, 7) is 7.29. The number of rotatable bonds is 1. The molecule has 2 fully saturated rings. The average molecular weight is 196 g/mol. The van der Waals surface area contributed by atoms with Crippen LogP contribution in [-0.4, -0.2) is 30.1 Å². The number of likely N-dealkylation sites (tertiary alicyclic amines) is 1. The molecule has 82 valence electrons. The molecule has 0 aromatic heterocycles. The van der Waals surface area contributed by atoms with Crippen molar-refractivity contribution >= 4 is 0 Å². The van der Waals surface area contributed by atoms with Crippen LogP contribution in [0.4, 0.5) is 0 Å². The summed E-state index contributed by atoms with van der Waals surface area (Å²) in [6, 6.07) is 1.33. The van der Waals surface area contributed by atoms with E-state index >= 15 is 0 Å². The van der Waals surface area contributed by atoms with Crippen LogP contribution in [0.15, 0.2) is 0 Å². The van der Waals surface area contributed by atoms with Crippen LogP contribution in [0, 0.1) is 5.41 Å². The van der Waals surface area contributed by atoms with Gasteiger partial charge in [-0.1, -0.05) is 13.8 Å². The Morgan fingerprint density at radius 1 is 1.14 bits per heavy atom. The summed E-state index contributed by atoms with van der Waals surface area (Å²) in [5.41, 5.74) is 6.51. The van der Waals surface area contributed by atoms with Crippen molar-refractivity contribution in [2.45, 2.75) is 58.0 Å². The molecule has 1 atom stereocenters. The van der Waals surface area contributed by atoms with Gasteiger partial charge in [0.05, 0.1) is 0 Å². The largest absolute Gasteiger partial charge is 0.328 e. The van der Waals surface area contributed by atoms with E-state index in [0.29, 0.717) is 11.5 Å². The van der Waals surface area contributed by atoms with Gasteiger partial charge in [-0.05, 0) is 50.6 Å². The van der Waals surface area contributed by atoms with Crippen molar-refractivity contribution in [3.8, 4) is 0 Å². The Hall–Kier alpha value is -0.0800. The van der Waals surface area contributed by atoms with Crippen molar-refractivity contribution in [1.29, 1.82) is 0 Å². The van der Waals surface area contributed by atoms with Crippen LogP contribution >= 0.6 is 0 Å². The Morgan fingerprint density at radius 2 is 1.79 bits per heavy atom. The van der Waals surface area contributed by atoms with Crippen LogP contribution < -0.4 is 5.73 Å². The quantitative estimate of drug-likeness (QED) is 0.695. The molecule has 1 saturated carbocycles. The van der Waals surface area contributed by atoms with E-state index in [4.69, 9.17) is 5.73 Å². The second kappa shape index (κ2) is 3.82. The van der Waals surface area contributed by atoms with E-state index in [2.05, 4.69) is 18.7 Å². The maximum atomic E-state index is 5.92. The fraction of sp³-hybridized carbons (Fsp3) is 1.00. The number of nitrogens with zero attached hydrogens (tertiary/aromatic N) is 1. The van der Waals surface area contributed by atoms with Crippen molar-refractivity contribution in [3.63, 3.8) is 0 Å². The molecule has 0 aromatic rings. The first kappa shape index (κ1) is 10.4. The van der Waals surface area contributed by atoms with Gasteiger partial charge in [0.25, 0.3) is 0 Å². The molecular weight excluding hydrogens is 172 g/mol. The fourth-order valence-corrected chi connectivity index (χ4v) is 3.00. The van der Waals surface area contributed by atoms with Crippen LogP contribution in [0.3, 0.4) is 0 Å². The lowest BCUT2D eigenvalue weighted by molar-refractivity contribution is 0.146. The van der Waals surface area contributed by atoms with Gasteiger partial charge in [-0.2, -0.15) is 0 Å². The standard InChI is InChI=1S/C12H24N2/c1-12(2)6-3-11(9-12)14-7-4-10(13)5-8-14/h10-11H,3-9,13H2,1-2H3. The van der Waals surface area contributed by atoms with Gasteiger partial charge in [0.15, 0.2) is 0 Å². The summed E-state index contributed by atoms with van der Waals surface area (Å²) in [5.74, 6) is 0. The first-order valence-electron chi connectivity index (χ1n) is 6.06. The summed E-state index contributed by atoms with van der Waals surface area (Å²) < 4.78 is 0. The molecule has 2 aliphatic rings. The molecule has 1 heterocycles. The number of piperidine rings is 1. The summed E-state index contributed by atoms with van der Waals surface area (Å²) in [6.07, 6.45) is 6.61. The van der Waals surface area contributed by atoms with Crippen molar-refractivity contribution in [1.82, 2.24) is 4.90 Å². The maximum Gasteiger partial charge on any atom is 0.0101 e. The highest BCUT2D eigenvalue weighted by Crippen LogP contribution is 2.39. The molecule has 1 aliphatic heterocycles. The summed E-state index contributed by atoms with van der Waals surface area (Å²) in [4.78, 5) is 2.68. The van der Waals surface area contributed by atoms with Gasteiger partial charge in [-0.15, -0.1) is 0 Å². The first-order valence-corrected chi connectivity index (χ1v) is 6.06. The maximum absolute atomic E-state index is 5.92. The van der Waals surface area contributed by atoms with Gasteiger partial charge in [0, 0.05) is 12.1 Å². The molecule has 1 unspecified atom stereocenters. The lowest BCUT2D eigenvalue weighted by atomic mass is 9.91. The molecule has 2 rings (SSSR count). The van der Waals surface area contributed by atoms with Crippen LogP contribution in [0.2, 0.25) is 0 Å². The summed E-state index contributed by atoms with van der Waals surface area (Å²) >= 11 is 0. The highest BCUT2D eigenvalue weighted by molar-refractivity contribution is 4.90. The summed E-state index contributed by atoms with van der Waals surface area (Å²) in [5, 5.41) is 0. The third kappa shape index (κ3) is 2.29. The number of nitrogens with two attached hydrogens (primary N) is 1. The predicted molar refractivity (Wildman–Crippen MR) is 60.2 cm³/mol. The molecule has 1 aliphatic carbocycles. The third-order valence-electron chi connectivity index (χ3n) is 4.03. The molecule has 2 N–H and O–H groups in total.